The van der Waals surface area contributed by atoms with Crippen LogP contribution in [-0.2, 0) is 17.8 Å². The number of furan rings is 1. The SMILES string of the molecule is COc1cc(OCCCC(=O)NCCCNCCCc2c3ccccc3cc3ccccc23)ccc1CN(CC(C)C)C(=O)c1ccc(-c2coc3ccccc23)cc1. The van der Waals surface area contributed by atoms with Gasteiger partial charge in [-0.2, -0.15) is 0 Å². The van der Waals surface area contributed by atoms with Crippen molar-refractivity contribution in [2.24, 2.45) is 5.92 Å². The minimum absolute atomic E-state index is 0.0314. The number of hydrogen-bond donors (Lipinski definition) is 2. The minimum atomic E-state index is -0.0408. The summed E-state index contributed by atoms with van der Waals surface area (Å²) in [4.78, 5) is 28.2. The van der Waals surface area contributed by atoms with Crippen molar-refractivity contribution in [2.75, 3.05) is 39.9 Å². The smallest absolute Gasteiger partial charge is 0.254 e. The molecule has 0 aliphatic rings. The molecule has 7 aromatic rings. The third kappa shape index (κ3) is 10.5. The zero-order valence-electron chi connectivity index (χ0n) is 34.5. The fourth-order valence-electron chi connectivity index (χ4n) is 7.83. The molecule has 0 aliphatic carbocycles. The molecule has 0 radical (unpaired) electrons. The van der Waals surface area contributed by atoms with Gasteiger partial charge in [-0.15, -0.1) is 0 Å². The molecule has 0 atom stereocenters. The number of para-hydroxylation sites is 1. The summed E-state index contributed by atoms with van der Waals surface area (Å²) in [5.41, 5.74) is 5.77. The maximum atomic E-state index is 13.8. The Morgan fingerprint density at radius 3 is 2.17 bits per heavy atom. The van der Waals surface area contributed by atoms with Crippen molar-refractivity contribution in [3.05, 3.63) is 144 Å². The number of fused-ring (bicyclic) bond motifs is 3. The first-order valence-electron chi connectivity index (χ1n) is 20.9. The van der Waals surface area contributed by atoms with Gasteiger partial charge in [0.2, 0.25) is 5.91 Å². The van der Waals surface area contributed by atoms with Gasteiger partial charge in [0.15, 0.2) is 0 Å². The molecule has 7 rings (SSSR count). The Morgan fingerprint density at radius 1 is 0.746 bits per heavy atom. The van der Waals surface area contributed by atoms with E-state index in [1.807, 2.05) is 71.6 Å². The van der Waals surface area contributed by atoms with Gasteiger partial charge >= 0.3 is 0 Å². The van der Waals surface area contributed by atoms with Gasteiger partial charge in [-0.3, -0.25) is 9.59 Å². The van der Waals surface area contributed by atoms with E-state index in [9.17, 15) is 9.59 Å². The molecule has 59 heavy (non-hydrogen) atoms. The molecule has 0 aliphatic heterocycles. The van der Waals surface area contributed by atoms with Gasteiger partial charge in [-0.25, -0.2) is 0 Å². The zero-order valence-corrected chi connectivity index (χ0v) is 34.5. The van der Waals surface area contributed by atoms with Crippen molar-refractivity contribution >= 4 is 44.3 Å². The van der Waals surface area contributed by atoms with Crippen molar-refractivity contribution in [3.8, 4) is 22.6 Å². The minimum Gasteiger partial charge on any atom is -0.496 e. The van der Waals surface area contributed by atoms with Gasteiger partial charge in [0.25, 0.3) is 5.91 Å². The quantitative estimate of drug-likeness (QED) is 0.0590. The third-order valence-corrected chi connectivity index (χ3v) is 10.7. The molecule has 8 nitrogen and oxygen atoms in total. The predicted molar refractivity (Wildman–Crippen MR) is 239 cm³/mol. The summed E-state index contributed by atoms with van der Waals surface area (Å²) in [5.74, 6) is 1.58. The number of aryl methyl sites for hydroxylation is 1. The molecular weight excluding hydrogens is 735 g/mol. The largest absolute Gasteiger partial charge is 0.496 e. The average molecular weight is 790 g/mol. The monoisotopic (exact) mass is 789 g/mol. The fraction of sp³-hybridized carbons (Fsp3) is 0.294. The van der Waals surface area contributed by atoms with Gasteiger partial charge < -0.3 is 29.4 Å². The van der Waals surface area contributed by atoms with Gasteiger partial charge in [0.05, 0.1) is 20.0 Å². The van der Waals surface area contributed by atoms with Crippen molar-refractivity contribution < 1.29 is 23.5 Å². The highest BCUT2D eigenvalue weighted by Gasteiger charge is 2.20. The lowest BCUT2D eigenvalue weighted by Gasteiger charge is -2.26. The summed E-state index contributed by atoms with van der Waals surface area (Å²) in [6, 6.07) is 41.0. The Hall–Kier alpha value is -6.12. The van der Waals surface area contributed by atoms with Crippen molar-refractivity contribution in [1.82, 2.24) is 15.5 Å². The van der Waals surface area contributed by atoms with E-state index in [1.165, 1.54) is 27.1 Å². The maximum absolute atomic E-state index is 13.8. The van der Waals surface area contributed by atoms with E-state index >= 15 is 0 Å². The van der Waals surface area contributed by atoms with Crippen LogP contribution in [0.25, 0.3) is 43.6 Å². The Balaban J connectivity index is 0.815. The van der Waals surface area contributed by atoms with E-state index in [0.717, 1.165) is 60.0 Å². The van der Waals surface area contributed by atoms with Crippen LogP contribution in [0, 0.1) is 5.92 Å². The van der Waals surface area contributed by atoms with E-state index in [1.54, 1.807) is 13.4 Å². The highest BCUT2D eigenvalue weighted by atomic mass is 16.5. The Bertz CT molecular complexity index is 2430. The van der Waals surface area contributed by atoms with Crippen LogP contribution >= 0.6 is 0 Å². The molecule has 304 valence electrons. The number of ether oxygens (including phenoxy) is 2. The molecule has 0 saturated heterocycles. The van der Waals surface area contributed by atoms with Crippen molar-refractivity contribution in [3.63, 3.8) is 0 Å². The standard InChI is InChI=1S/C51H55N3O5/c1-36(2)33-54(51(56)38-23-21-37(22-24-38)47-35-59-48-19-9-8-17-46(47)48)34-41-25-26-42(32-49(41)57-3)58-30-11-20-50(55)53-29-12-28-52-27-10-18-45-43-15-6-4-13-39(43)31-40-14-5-7-16-44(40)45/h4-9,13-17,19,21-26,31-32,35-36,52H,10-12,18,20,27-30,33-34H2,1-3H3,(H,53,55). The number of benzene rings is 6. The van der Waals surface area contributed by atoms with Gasteiger partial charge in [0, 0.05) is 54.2 Å². The molecule has 2 N–H and O–H groups in total. The number of rotatable bonds is 20. The molecule has 0 saturated carbocycles. The number of amides is 2. The van der Waals surface area contributed by atoms with E-state index in [4.69, 9.17) is 13.9 Å². The topological polar surface area (TPSA) is 93.0 Å². The second kappa shape index (κ2) is 20.0. The summed E-state index contributed by atoms with van der Waals surface area (Å²) >= 11 is 0. The van der Waals surface area contributed by atoms with Crippen LogP contribution in [0.5, 0.6) is 11.5 Å². The lowest BCUT2D eigenvalue weighted by atomic mass is 9.94. The van der Waals surface area contributed by atoms with E-state index in [2.05, 4.69) is 79.1 Å². The number of methoxy groups -OCH3 is 1. The van der Waals surface area contributed by atoms with Crippen LogP contribution in [0.4, 0.5) is 0 Å². The molecule has 1 aromatic heterocycles. The van der Waals surface area contributed by atoms with Gasteiger partial charge in [-0.1, -0.05) is 92.7 Å². The second-order valence-corrected chi connectivity index (χ2v) is 15.6. The fourth-order valence-corrected chi connectivity index (χ4v) is 7.83. The molecular formula is C51H55N3O5. The van der Waals surface area contributed by atoms with Crippen LogP contribution in [0.3, 0.4) is 0 Å². The summed E-state index contributed by atoms with van der Waals surface area (Å²) in [6.45, 7) is 8.05. The molecule has 0 spiro atoms. The first kappa shape index (κ1) is 41.1. The molecule has 1 heterocycles. The molecule has 0 unspecified atom stereocenters. The molecule has 8 heteroatoms. The first-order chi connectivity index (χ1) is 28.9. The highest BCUT2D eigenvalue weighted by Crippen LogP contribution is 2.32. The first-order valence-corrected chi connectivity index (χ1v) is 20.9. The van der Waals surface area contributed by atoms with Gasteiger partial charge in [-0.05, 0) is 114 Å². The van der Waals surface area contributed by atoms with Crippen LogP contribution in [-0.4, -0.2) is 56.6 Å². The summed E-state index contributed by atoms with van der Waals surface area (Å²) in [7, 11) is 1.63. The normalized spacial score (nSPS) is 11.4. The second-order valence-electron chi connectivity index (χ2n) is 15.6. The molecule has 2 amide bonds. The Labute approximate surface area is 347 Å². The van der Waals surface area contributed by atoms with Crippen LogP contribution < -0.4 is 20.1 Å². The van der Waals surface area contributed by atoms with Crippen LogP contribution in [0.2, 0.25) is 0 Å². The molecule has 0 bridgehead atoms. The summed E-state index contributed by atoms with van der Waals surface area (Å²) in [5, 5.41) is 12.9. The van der Waals surface area contributed by atoms with E-state index in [-0.39, 0.29) is 17.7 Å². The van der Waals surface area contributed by atoms with Crippen LogP contribution in [0.1, 0.15) is 61.0 Å². The van der Waals surface area contributed by atoms with Crippen molar-refractivity contribution in [2.45, 2.75) is 52.5 Å². The number of nitrogens with zero attached hydrogens (tertiary/aromatic N) is 1. The highest BCUT2D eigenvalue weighted by molar-refractivity contribution is 6.02. The van der Waals surface area contributed by atoms with Crippen molar-refractivity contribution in [1.29, 1.82) is 0 Å². The van der Waals surface area contributed by atoms with E-state index in [0.29, 0.717) is 56.1 Å². The number of carbonyl (C=O) groups is 2. The number of nitrogens with one attached hydrogen (secondary N) is 2. The third-order valence-electron chi connectivity index (χ3n) is 10.7. The molecule has 6 aromatic carbocycles. The lowest BCUT2D eigenvalue weighted by molar-refractivity contribution is -0.121. The molecule has 0 fully saturated rings. The maximum Gasteiger partial charge on any atom is 0.254 e. The summed E-state index contributed by atoms with van der Waals surface area (Å²) < 4.78 is 17.5. The Morgan fingerprint density at radius 2 is 1.44 bits per heavy atom. The lowest BCUT2D eigenvalue weighted by Crippen LogP contribution is -2.33. The summed E-state index contributed by atoms with van der Waals surface area (Å²) in [6.07, 6.45) is 5.71. The van der Waals surface area contributed by atoms with Gasteiger partial charge in [0.1, 0.15) is 17.1 Å². The predicted octanol–water partition coefficient (Wildman–Crippen LogP) is 10.6. The zero-order chi connectivity index (χ0) is 41.0. The van der Waals surface area contributed by atoms with E-state index < -0.39 is 0 Å². The number of hydrogen-bond acceptors (Lipinski definition) is 6. The Kier molecular flexibility index (Phi) is 13.9. The average Bonchev–Trinajstić information content (AvgIpc) is 3.70. The van der Waals surface area contributed by atoms with Crippen LogP contribution in [0.15, 0.2) is 132 Å². The number of carbonyl (C=O) groups excluding carboxylic acids is 2.